The van der Waals surface area contributed by atoms with Crippen molar-refractivity contribution in [1.29, 1.82) is 0 Å². The van der Waals surface area contributed by atoms with E-state index in [2.05, 4.69) is 157 Å². The van der Waals surface area contributed by atoms with Crippen LogP contribution in [-0.4, -0.2) is 0 Å². The van der Waals surface area contributed by atoms with E-state index in [-0.39, 0.29) is 0 Å². The Kier molecular flexibility index (Phi) is 5.57. The van der Waals surface area contributed by atoms with E-state index in [1.54, 1.807) is 0 Å². The lowest BCUT2D eigenvalue weighted by Gasteiger charge is -2.29. The molecule has 0 aliphatic rings. The van der Waals surface area contributed by atoms with Crippen LogP contribution in [0, 0.1) is 0 Å². The van der Waals surface area contributed by atoms with Crippen LogP contribution in [0.15, 0.2) is 173 Å². The normalized spacial score (nSPS) is 11.8. The van der Waals surface area contributed by atoms with Gasteiger partial charge in [0, 0.05) is 38.1 Å². The summed E-state index contributed by atoms with van der Waals surface area (Å²) in [6.45, 7) is 0. The van der Waals surface area contributed by atoms with E-state index >= 15 is 0 Å². The highest BCUT2D eigenvalue weighted by atomic mass is 16.3. The van der Waals surface area contributed by atoms with Gasteiger partial charge in [0.1, 0.15) is 16.7 Å². The van der Waals surface area contributed by atoms with Gasteiger partial charge in [-0.2, -0.15) is 0 Å². The molecule has 0 fully saturated rings. The lowest BCUT2D eigenvalue weighted by Crippen LogP contribution is -2.12. The first kappa shape index (κ1) is 26.0. The van der Waals surface area contributed by atoms with Crippen LogP contribution in [0.25, 0.3) is 76.5 Å². The predicted molar refractivity (Wildman–Crippen MR) is 196 cm³/mol. The topological polar surface area (TPSA) is 29.5 Å². The van der Waals surface area contributed by atoms with Crippen molar-refractivity contribution in [3.05, 3.63) is 164 Å². The highest BCUT2D eigenvalue weighted by Crippen LogP contribution is 2.48. The van der Waals surface area contributed by atoms with Gasteiger partial charge < -0.3 is 13.7 Å². The Morgan fingerprint density at radius 1 is 0.319 bits per heavy atom. The second-order valence-corrected chi connectivity index (χ2v) is 12.1. The molecule has 2 aromatic heterocycles. The summed E-state index contributed by atoms with van der Waals surface area (Å²) in [5, 5.41) is 9.13. The number of benzene rings is 8. The first-order chi connectivity index (χ1) is 23.3. The maximum absolute atomic E-state index is 6.74. The largest absolute Gasteiger partial charge is 0.455 e. The Hall–Kier alpha value is -6.32. The molecule has 3 nitrogen and oxygen atoms in total. The van der Waals surface area contributed by atoms with Gasteiger partial charge in [0.2, 0.25) is 0 Å². The zero-order valence-electron chi connectivity index (χ0n) is 25.4. The van der Waals surface area contributed by atoms with Gasteiger partial charge in [-0.05, 0) is 52.6 Å². The summed E-state index contributed by atoms with van der Waals surface area (Å²) in [6.07, 6.45) is 0. The number of para-hydroxylation sites is 4. The Morgan fingerprint density at radius 2 is 0.872 bits per heavy atom. The van der Waals surface area contributed by atoms with Crippen LogP contribution in [0.3, 0.4) is 0 Å². The lowest BCUT2D eigenvalue weighted by atomic mass is 9.98. The van der Waals surface area contributed by atoms with Gasteiger partial charge in [0.05, 0.1) is 17.1 Å². The molecule has 0 N–H and O–H groups in total. The van der Waals surface area contributed by atoms with E-state index in [0.717, 1.165) is 77.5 Å². The highest BCUT2D eigenvalue weighted by Gasteiger charge is 2.24. The van der Waals surface area contributed by atoms with Crippen LogP contribution >= 0.6 is 0 Å². The first-order valence-corrected chi connectivity index (χ1v) is 15.9. The molecular weight excluding hydrogens is 574 g/mol. The van der Waals surface area contributed by atoms with Crippen LogP contribution in [0.5, 0.6) is 0 Å². The van der Waals surface area contributed by atoms with Gasteiger partial charge in [-0.1, -0.05) is 127 Å². The molecule has 0 radical (unpaired) electrons. The SMILES string of the molecule is c1ccc(N(c2cccc3ccccc23)c2cccc3c2oc2ccccc23)c(-c2cccc3c2oc2cc4ccccc4cc23)c1. The third kappa shape index (κ3) is 3.93. The Bertz CT molecular complexity index is 2820. The molecule has 0 bridgehead atoms. The molecule has 2 heterocycles. The summed E-state index contributed by atoms with van der Waals surface area (Å²) in [6, 6.07) is 57.8. The summed E-state index contributed by atoms with van der Waals surface area (Å²) in [5.74, 6) is 0. The number of fused-ring (bicyclic) bond motifs is 8. The van der Waals surface area contributed by atoms with E-state index in [0.29, 0.717) is 0 Å². The number of hydrogen-bond donors (Lipinski definition) is 0. The Labute approximate surface area is 270 Å². The van der Waals surface area contributed by atoms with Crippen molar-refractivity contribution < 1.29 is 8.83 Å². The fraction of sp³-hybridized carbons (Fsp3) is 0. The van der Waals surface area contributed by atoms with E-state index in [9.17, 15) is 0 Å². The number of rotatable bonds is 4. The molecule has 0 amide bonds. The molecule has 3 heteroatoms. The summed E-state index contributed by atoms with van der Waals surface area (Å²) in [5.41, 5.74) is 8.70. The van der Waals surface area contributed by atoms with Crippen molar-refractivity contribution in [2.75, 3.05) is 4.90 Å². The summed E-state index contributed by atoms with van der Waals surface area (Å²) < 4.78 is 13.4. The smallest absolute Gasteiger partial charge is 0.159 e. The average molecular weight is 602 g/mol. The monoisotopic (exact) mass is 601 g/mol. The van der Waals surface area contributed by atoms with Crippen molar-refractivity contribution in [3.8, 4) is 11.1 Å². The van der Waals surface area contributed by atoms with Crippen molar-refractivity contribution in [1.82, 2.24) is 0 Å². The number of anilines is 3. The maximum Gasteiger partial charge on any atom is 0.159 e. The van der Waals surface area contributed by atoms with Crippen LogP contribution < -0.4 is 4.90 Å². The molecule has 0 unspecified atom stereocenters. The fourth-order valence-electron chi connectivity index (χ4n) is 7.29. The first-order valence-electron chi connectivity index (χ1n) is 15.9. The Morgan fingerprint density at radius 3 is 1.77 bits per heavy atom. The van der Waals surface area contributed by atoms with Crippen LogP contribution in [0.4, 0.5) is 17.1 Å². The summed E-state index contributed by atoms with van der Waals surface area (Å²) in [4.78, 5) is 2.36. The van der Waals surface area contributed by atoms with Crippen molar-refractivity contribution >= 4 is 82.5 Å². The number of furan rings is 2. The number of nitrogens with zero attached hydrogens (tertiary/aromatic N) is 1. The molecular formula is C44H27NO2. The van der Waals surface area contributed by atoms with Gasteiger partial charge >= 0.3 is 0 Å². The third-order valence-electron chi connectivity index (χ3n) is 9.43. The molecule has 0 saturated carbocycles. The van der Waals surface area contributed by atoms with Gasteiger partial charge in [0.25, 0.3) is 0 Å². The maximum atomic E-state index is 6.74. The minimum atomic E-state index is 0.852. The molecule has 47 heavy (non-hydrogen) atoms. The summed E-state index contributed by atoms with van der Waals surface area (Å²) >= 11 is 0. The van der Waals surface area contributed by atoms with E-state index in [4.69, 9.17) is 8.83 Å². The van der Waals surface area contributed by atoms with Gasteiger partial charge in [-0.3, -0.25) is 0 Å². The second kappa shape index (κ2) is 10.1. The minimum absolute atomic E-state index is 0.852. The van der Waals surface area contributed by atoms with Gasteiger partial charge in [-0.25, -0.2) is 0 Å². The fourth-order valence-corrected chi connectivity index (χ4v) is 7.29. The van der Waals surface area contributed by atoms with E-state index < -0.39 is 0 Å². The second-order valence-electron chi connectivity index (χ2n) is 12.1. The van der Waals surface area contributed by atoms with Crippen molar-refractivity contribution in [3.63, 3.8) is 0 Å². The molecule has 0 spiro atoms. The zero-order chi connectivity index (χ0) is 30.9. The molecule has 220 valence electrons. The van der Waals surface area contributed by atoms with Crippen molar-refractivity contribution in [2.45, 2.75) is 0 Å². The molecule has 0 aliphatic carbocycles. The van der Waals surface area contributed by atoms with E-state index in [1.165, 1.54) is 16.2 Å². The standard InChI is InChI=1S/C44H27NO2/c1-2-14-30-27-42-37(26-29(30)13-1)36-20-10-19-34(43(36)47-42)32-17-5-7-22-39(32)45(38-23-9-15-28-12-3-4-16-31(28)38)40-24-11-21-35-33-18-6-8-25-41(33)46-44(35)40/h1-27H. The minimum Gasteiger partial charge on any atom is -0.455 e. The average Bonchev–Trinajstić information content (AvgIpc) is 3.70. The number of hydrogen-bond acceptors (Lipinski definition) is 3. The lowest BCUT2D eigenvalue weighted by molar-refractivity contribution is 0.669. The molecule has 0 atom stereocenters. The van der Waals surface area contributed by atoms with Crippen LogP contribution in [0.1, 0.15) is 0 Å². The van der Waals surface area contributed by atoms with Gasteiger partial charge in [-0.15, -0.1) is 0 Å². The summed E-state index contributed by atoms with van der Waals surface area (Å²) in [7, 11) is 0. The third-order valence-corrected chi connectivity index (χ3v) is 9.43. The van der Waals surface area contributed by atoms with Crippen LogP contribution in [0.2, 0.25) is 0 Å². The zero-order valence-corrected chi connectivity index (χ0v) is 25.4. The Balaban J connectivity index is 1.28. The van der Waals surface area contributed by atoms with Gasteiger partial charge in [0.15, 0.2) is 5.58 Å². The molecule has 8 aromatic carbocycles. The predicted octanol–water partition coefficient (Wildman–Crippen LogP) is 12.9. The molecule has 0 saturated heterocycles. The van der Waals surface area contributed by atoms with Crippen LogP contribution in [-0.2, 0) is 0 Å². The quantitative estimate of drug-likeness (QED) is 0.201. The molecule has 10 rings (SSSR count). The highest BCUT2D eigenvalue weighted by molar-refractivity contribution is 6.16. The van der Waals surface area contributed by atoms with Crippen molar-refractivity contribution in [2.24, 2.45) is 0 Å². The van der Waals surface area contributed by atoms with E-state index in [1.807, 2.05) is 12.1 Å². The molecule has 10 aromatic rings. The molecule has 0 aliphatic heterocycles.